The maximum atomic E-state index is 13.2. The van der Waals surface area contributed by atoms with Crippen molar-refractivity contribution in [1.29, 1.82) is 5.26 Å². The molecule has 4 rings (SSSR count). The number of benzene rings is 3. The van der Waals surface area contributed by atoms with Crippen molar-refractivity contribution in [3.05, 3.63) is 93.6 Å². The average Bonchev–Trinajstić information content (AvgIpc) is 3.03. The number of para-hydroxylation sites is 1. The van der Waals surface area contributed by atoms with Crippen LogP contribution in [0.25, 0.3) is 22.3 Å². The van der Waals surface area contributed by atoms with Crippen molar-refractivity contribution in [3.8, 4) is 28.9 Å². The van der Waals surface area contributed by atoms with Gasteiger partial charge in [-0.25, -0.2) is 0 Å². The van der Waals surface area contributed by atoms with Gasteiger partial charge in [0.05, 0.1) is 37.6 Å². The Morgan fingerprint density at radius 3 is 2.43 bits per heavy atom. The number of nitriles is 1. The summed E-state index contributed by atoms with van der Waals surface area (Å²) in [6, 6.07) is 23.2. The highest BCUT2D eigenvalue weighted by Gasteiger charge is 2.36. The zero-order valence-electron chi connectivity index (χ0n) is 26.4. The van der Waals surface area contributed by atoms with Crippen LogP contribution < -0.4 is 20.2 Å². The first-order chi connectivity index (χ1) is 21.1. The first-order valence-corrected chi connectivity index (χ1v) is 14.8. The third-order valence-electron chi connectivity index (χ3n) is 8.35. The van der Waals surface area contributed by atoms with E-state index in [1.165, 1.54) is 0 Å². The summed E-state index contributed by atoms with van der Waals surface area (Å²) in [6.45, 7) is 6.94. The van der Waals surface area contributed by atoms with Crippen molar-refractivity contribution in [1.82, 2.24) is 10.2 Å². The largest absolute Gasteiger partial charge is 0.493 e. The summed E-state index contributed by atoms with van der Waals surface area (Å²) in [6.07, 6.45) is 1.35. The number of nitrogens with one attached hydrogen (secondary N) is 1. The number of rotatable bonds is 13. The number of hydrogen-bond donors (Lipinski definition) is 1. The highest BCUT2D eigenvalue weighted by Crippen LogP contribution is 2.40. The Morgan fingerprint density at radius 1 is 1.05 bits per heavy atom. The molecule has 230 valence electrons. The second-order valence-corrected chi connectivity index (χ2v) is 11.5. The third kappa shape index (κ3) is 6.79. The Bertz CT molecular complexity index is 1710. The van der Waals surface area contributed by atoms with Crippen molar-refractivity contribution < 1.29 is 18.7 Å². The van der Waals surface area contributed by atoms with Crippen LogP contribution in [-0.2, 0) is 16.8 Å². The van der Waals surface area contributed by atoms with Gasteiger partial charge in [0.15, 0.2) is 16.9 Å². The topological polar surface area (TPSA) is 105 Å². The lowest BCUT2D eigenvalue weighted by Gasteiger charge is -2.32. The smallest absolute Gasteiger partial charge is 0.234 e. The van der Waals surface area contributed by atoms with Crippen LogP contribution in [0.15, 0.2) is 75.9 Å². The monoisotopic (exact) mass is 595 g/mol. The summed E-state index contributed by atoms with van der Waals surface area (Å²) in [5.41, 5.74) is 2.69. The van der Waals surface area contributed by atoms with Gasteiger partial charge in [-0.1, -0.05) is 62.4 Å². The highest BCUT2D eigenvalue weighted by molar-refractivity contribution is 5.84. The average molecular weight is 596 g/mol. The maximum absolute atomic E-state index is 13.2. The number of methoxy groups -OCH3 is 2. The van der Waals surface area contributed by atoms with E-state index in [1.807, 2.05) is 72.6 Å². The van der Waals surface area contributed by atoms with Crippen LogP contribution in [0.3, 0.4) is 0 Å². The van der Waals surface area contributed by atoms with E-state index >= 15 is 0 Å². The van der Waals surface area contributed by atoms with E-state index in [2.05, 4.69) is 25.2 Å². The maximum Gasteiger partial charge on any atom is 0.234 e. The van der Waals surface area contributed by atoms with E-state index < -0.39 is 5.41 Å². The molecule has 0 saturated carbocycles. The number of ether oxygens (including phenoxy) is 2. The minimum atomic E-state index is -0.710. The molecule has 4 aromatic rings. The summed E-state index contributed by atoms with van der Waals surface area (Å²) < 4.78 is 17.1. The zero-order valence-corrected chi connectivity index (χ0v) is 26.4. The van der Waals surface area contributed by atoms with Gasteiger partial charge in [-0.3, -0.25) is 14.5 Å². The summed E-state index contributed by atoms with van der Waals surface area (Å²) in [4.78, 5) is 28.0. The standard InChI is InChI=1S/C36H41N3O5/c1-24(2)36(23-37,28-16-17-30(42-5)31(20-28)43-6)18-11-19-39(4)22-32(40)38-21-27-14-10-15-29-33(41)25(3)34(44-35(27)29)26-12-8-7-9-13-26/h7-10,12-17,20,24H,11,18-19,21-22H2,1-6H3,(H,38,40). The van der Waals surface area contributed by atoms with Crippen LogP contribution in [0.4, 0.5) is 0 Å². The van der Waals surface area contributed by atoms with Crippen LogP contribution in [0, 0.1) is 24.2 Å². The minimum absolute atomic E-state index is 0.0612. The molecule has 0 spiro atoms. The van der Waals surface area contributed by atoms with Crippen LogP contribution in [-0.4, -0.2) is 45.2 Å². The number of nitrogens with zero attached hydrogens (tertiary/aromatic N) is 2. The van der Waals surface area contributed by atoms with Gasteiger partial charge in [-0.2, -0.15) is 5.26 Å². The number of hydrogen-bond acceptors (Lipinski definition) is 7. The molecule has 0 radical (unpaired) electrons. The van der Waals surface area contributed by atoms with E-state index in [0.29, 0.717) is 46.8 Å². The Morgan fingerprint density at radius 2 is 1.77 bits per heavy atom. The fourth-order valence-electron chi connectivity index (χ4n) is 5.70. The molecule has 1 N–H and O–H groups in total. The molecule has 1 amide bonds. The molecule has 1 unspecified atom stereocenters. The van der Waals surface area contributed by atoms with Crippen LogP contribution in [0.5, 0.6) is 11.5 Å². The van der Waals surface area contributed by atoms with Crippen molar-refractivity contribution in [2.75, 3.05) is 34.4 Å². The molecule has 1 atom stereocenters. The fraction of sp³-hybridized carbons (Fsp3) is 0.361. The molecule has 1 heterocycles. The lowest BCUT2D eigenvalue weighted by molar-refractivity contribution is -0.122. The number of likely N-dealkylation sites (N-methyl/N-ethyl adjacent to an activating group) is 1. The first-order valence-electron chi connectivity index (χ1n) is 14.8. The molecule has 3 aromatic carbocycles. The van der Waals surface area contributed by atoms with Gasteiger partial charge in [0.2, 0.25) is 5.91 Å². The molecular weight excluding hydrogens is 554 g/mol. The van der Waals surface area contributed by atoms with Crippen LogP contribution in [0.1, 0.15) is 43.4 Å². The quantitative estimate of drug-likeness (QED) is 0.195. The van der Waals surface area contributed by atoms with Crippen molar-refractivity contribution in [2.45, 2.75) is 45.6 Å². The molecule has 0 aliphatic carbocycles. The Balaban J connectivity index is 1.40. The van der Waals surface area contributed by atoms with Crippen LogP contribution in [0.2, 0.25) is 0 Å². The predicted octanol–water partition coefficient (Wildman–Crippen LogP) is 6.23. The number of carbonyl (C=O) groups excluding carboxylic acids is 1. The first kappa shape index (κ1) is 32.3. The van der Waals surface area contributed by atoms with Gasteiger partial charge in [0, 0.05) is 23.2 Å². The van der Waals surface area contributed by atoms with Gasteiger partial charge in [0.1, 0.15) is 11.3 Å². The summed E-state index contributed by atoms with van der Waals surface area (Å²) in [5.74, 6) is 1.67. The molecule has 8 nitrogen and oxygen atoms in total. The fourth-order valence-corrected chi connectivity index (χ4v) is 5.70. The summed E-state index contributed by atoms with van der Waals surface area (Å²) in [5, 5.41) is 13.8. The lowest BCUT2D eigenvalue weighted by atomic mass is 9.69. The van der Waals surface area contributed by atoms with Crippen molar-refractivity contribution in [3.63, 3.8) is 0 Å². The van der Waals surface area contributed by atoms with Gasteiger partial charge in [-0.05, 0) is 63.0 Å². The molecule has 1 aromatic heterocycles. The Labute approximate surface area is 259 Å². The SMILES string of the molecule is COc1ccc(C(C#N)(CCCN(C)CC(=O)NCc2cccc3c(=O)c(C)c(-c4ccccc4)oc23)C(C)C)cc1OC. The molecule has 8 heteroatoms. The number of fused-ring (bicyclic) bond motifs is 1. The number of amides is 1. The van der Waals surface area contributed by atoms with Crippen molar-refractivity contribution >= 4 is 16.9 Å². The van der Waals surface area contributed by atoms with E-state index in [-0.39, 0.29) is 30.3 Å². The van der Waals surface area contributed by atoms with Gasteiger partial charge >= 0.3 is 0 Å². The van der Waals surface area contributed by atoms with E-state index in [0.717, 1.165) is 23.1 Å². The van der Waals surface area contributed by atoms with E-state index in [9.17, 15) is 14.9 Å². The second kappa shape index (κ2) is 14.2. The van der Waals surface area contributed by atoms with Gasteiger partial charge in [0.25, 0.3) is 0 Å². The normalized spacial score (nSPS) is 12.6. The molecular formula is C36H41N3O5. The molecule has 0 fully saturated rings. The molecule has 0 aliphatic rings. The van der Waals surface area contributed by atoms with Gasteiger partial charge < -0.3 is 19.2 Å². The van der Waals surface area contributed by atoms with Gasteiger partial charge in [-0.15, -0.1) is 0 Å². The van der Waals surface area contributed by atoms with E-state index in [1.54, 1.807) is 27.2 Å². The zero-order chi connectivity index (χ0) is 31.9. The highest BCUT2D eigenvalue weighted by atomic mass is 16.5. The molecule has 0 bridgehead atoms. The Hall–Kier alpha value is -4.61. The third-order valence-corrected chi connectivity index (χ3v) is 8.35. The minimum Gasteiger partial charge on any atom is -0.493 e. The van der Waals surface area contributed by atoms with E-state index in [4.69, 9.17) is 13.9 Å². The van der Waals surface area contributed by atoms with Crippen molar-refractivity contribution in [2.24, 2.45) is 5.92 Å². The summed E-state index contributed by atoms with van der Waals surface area (Å²) >= 11 is 0. The molecule has 0 saturated heterocycles. The summed E-state index contributed by atoms with van der Waals surface area (Å²) in [7, 11) is 5.07. The predicted molar refractivity (Wildman–Crippen MR) is 173 cm³/mol. The number of carbonyl (C=O) groups is 1. The molecule has 44 heavy (non-hydrogen) atoms. The second-order valence-electron chi connectivity index (χ2n) is 11.5. The molecule has 0 aliphatic heterocycles. The lowest BCUT2D eigenvalue weighted by Crippen LogP contribution is -2.36. The van der Waals surface area contributed by atoms with Crippen LogP contribution >= 0.6 is 0 Å². The Kier molecular flexibility index (Phi) is 10.5.